The van der Waals surface area contributed by atoms with Gasteiger partial charge in [0.1, 0.15) is 0 Å². The molecule has 1 aromatic carbocycles. The van der Waals surface area contributed by atoms with Gasteiger partial charge in [0.05, 0.1) is 34.2 Å². The summed E-state index contributed by atoms with van der Waals surface area (Å²) in [5.74, 6) is -2.49. The average Bonchev–Trinajstić information content (AvgIpc) is 2.90. The highest BCUT2D eigenvalue weighted by atomic mass is 35.5. The number of carboxylic acid groups (broad SMARTS) is 1. The van der Waals surface area contributed by atoms with Gasteiger partial charge in [-0.05, 0) is 31.0 Å². The fraction of sp³-hybridized carbons (Fsp3) is 0.357. The summed E-state index contributed by atoms with van der Waals surface area (Å²) in [7, 11) is 0. The molecule has 2 atom stereocenters. The van der Waals surface area contributed by atoms with Gasteiger partial charge in [0, 0.05) is 0 Å². The third kappa shape index (κ3) is 2.91. The molecule has 0 aliphatic heterocycles. The molecule has 2 unspecified atom stereocenters. The van der Waals surface area contributed by atoms with Crippen molar-refractivity contribution in [2.24, 2.45) is 11.8 Å². The van der Waals surface area contributed by atoms with Crippen LogP contribution in [-0.2, 0) is 9.59 Å². The van der Waals surface area contributed by atoms with Gasteiger partial charge in [-0.15, -0.1) is 0 Å². The number of hydrogen-bond acceptors (Lipinski definition) is 3. The Morgan fingerprint density at radius 1 is 1.35 bits per heavy atom. The van der Waals surface area contributed by atoms with Crippen LogP contribution in [-0.4, -0.2) is 17.0 Å². The molecule has 104 valence electrons. The van der Waals surface area contributed by atoms with Crippen LogP contribution in [0.1, 0.15) is 24.8 Å². The van der Waals surface area contributed by atoms with Gasteiger partial charge >= 0.3 is 5.97 Å². The lowest BCUT2D eigenvalue weighted by Crippen LogP contribution is -2.30. The van der Waals surface area contributed by atoms with Crippen LogP contribution in [0.2, 0.25) is 5.02 Å². The monoisotopic (exact) mass is 292 g/mol. The number of carboxylic acids is 1. The first-order valence-corrected chi connectivity index (χ1v) is 6.64. The standard InChI is InChI=1S/C14H13ClN2O3/c15-11-5-4-8(7-16)6-12(11)17-13(18)9-2-1-3-10(9)14(19)20/h4-6,9-10H,1-3H2,(H,17,18)(H,19,20). The number of nitriles is 1. The Morgan fingerprint density at radius 2 is 2.05 bits per heavy atom. The molecule has 1 aliphatic carbocycles. The van der Waals surface area contributed by atoms with E-state index in [2.05, 4.69) is 5.32 Å². The minimum absolute atomic E-state index is 0.322. The third-order valence-electron chi connectivity index (χ3n) is 3.52. The summed E-state index contributed by atoms with van der Waals surface area (Å²) in [6.45, 7) is 0. The van der Waals surface area contributed by atoms with Crippen molar-refractivity contribution in [1.82, 2.24) is 0 Å². The number of nitrogens with one attached hydrogen (secondary N) is 1. The molecule has 0 saturated heterocycles. The number of amides is 1. The molecule has 2 N–H and O–H groups in total. The van der Waals surface area contributed by atoms with Gasteiger partial charge in [-0.1, -0.05) is 18.0 Å². The number of carbonyl (C=O) groups excluding carboxylic acids is 1. The summed E-state index contributed by atoms with van der Waals surface area (Å²) in [6, 6.07) is 6.51. The Bertz CT molecular complexity index is 595. The Balaban J connectivity index is 2.16. The van der Waals surface area contributed by atoms with E-state index in [0.29, 0.717) is 29.1 Å². The zero-order valence-corrected chi connectivity index (χ0v) is 11.4. The maximum absolute atomic E-state index is 12.2. The summed E-state index contributed by atoms with van der Waals surface area (Å²) in [5, 5.41) is 20.9. The van der Waals surface area contributed by atoms with E-state index in [-0.39, 0.29) is 5.91 Å². The van der Waals surface area contributed by atoms with Crippen molar-refractivity contribution in [3.05, 3.63) is 28.8 Å². The predicted octanol–water partition coefficient (Wildman–Crippen LogP) is 2.65. The predicted molar refractivity (Wildman–Crippen MR) is 73.3 cm³/mol. The average molecular weight is 293 g/mol. The normalized spacial score (nSPS) is 21.2. The second-order valence-corrected chi connectivity index (χ2v) is 5.19. The second kappa shape index (κ2) is 5.93. The van der Waals surface area contributed by atoms with Crippen LogP contribution in [0, 0.1) is 23.2 Å². The van der Waals surface area contributed by atoms with Crippen LogP contribution < -0.4 is 5.32 Å². The van der Waals surface area contributed by atoms with Crippen LogP contribution in [0.15, 0.2) is 18.2 Å². The summed E-state index contributed by atoms with van der Waals surface area (Å²) in [4.78, 5) is 23.3. The Morgan fingerprint density at radius 3 is 2.70 bits per heavy atom. The number of anilines is 1. The van der Waals surface area contributed by atoms with E-state index >= 15 is 0 Å². The maximum Gasteiger partial charge on any atom is 0.307 e. The van der Waals surface area contributed by atoms with E-state index in [1.54, 1.807) is 6.07 Å². The zero-order chi connectivity index (χ0) is 14.7. The van der Waals surface area contributed by atoms with Gasteiger partial charge in [0.2, 0.25) is 5.91 Å². The Labute approximate surface area is 121 Å². The highest BCUT2D eigenvalue weighted by Crippen LogP contribution is 2.33. The van der Waals surface area contributed by atoms with Crippen molar-refractivity contribution in [2.45, 2.75) is 19.3 Å². The lowest BCUT2D eigenvalue weighted by atomic mass is 9.95. The van der Waals surface area contributed by atoms with Crippen molar-refractivity contribution in [3.8, 4) is 6.07 Å². The van der Waals surface area contributed by atoms with Crippen LogP contribution in [0.25, 0.3) is 0 Å². The van der Waals surface area contributed by atoms with E-state index in [4.69, 9.17) is 22.0 Å². The highest BCUT2D eigenvalue weighted by Gasteiger charge is 2.37. The van der Waals surface area contributed by atoms with Crippen LogP contribution in [0.5, 0.6) is 0 Å². The molecule has 0 bridgehead atoms. The minimum Gasteiger partial charge on any atom is -0.481 e. The highest BCUT2D eigenvalue weighted by molar-refractivity contribution is 6.33. The van der Waals surface area contributed by atoms with Gasteiger partial charge in [-0.3, -0.25) is 9.59 Å². The van der Waals surface area contributed by atoms with Crippen molar-refractivity contribution < 1.29 is 14.7 Å². The molecule has 0 spiro atoms. The van der Waals surface area contributed by atoms with Crippen LogP contribution >= 0.6 is 11.6 Å². The summed E-state index contributed by atoms with van der Waals surface area (Å²) in [6.07, 6.45) is 1.79. The Hall–Kier alpha value is -2.06. The first-order valence-electron chi connectivity index (χ1n) is 6.26. The number of carbonyl (C=O) groups is 2. The molecular weight excluding hydrogens is 280 g/mol. The molecule has 1 aliphatic rings. The van der Waals surface area contributed by atoms with Crippen LogP contribution in [0.3, 0.4) is 0 Å². The van der Waals surface area contributed by atoms with Gasteiger partial charge in [0.25, 0.3) is 0 Å². The molecule has 20 heavy (non-hydrogen) atoms. The topological polar surface area (TPSA) is 90.2 Å². The lowest BCUT2D eigenvalue weighted by molar-refractivity contribution is -0.145. The van der Waals surface area contributed by atoms with E-state index < -0.39 is 17.8 Å². The number of nitrogens with zero attached hydrogens (tertiary/aromatic N) is 1. The summed E-state index contributed by atoms with van der Waals surface area (Å²) >= 11 is 5.96. The molecule has 0 aromatic heterocycles. The number of hydrogen-bond donors (Lipinski definition) is 2. The van der Waals surface area contributed by atoms with Gasteiger partial charge in [-0.25, -0.2) is 0 Å². The zero-order valence-electron chi connectivity index (χ0n) is 10.6. The molecule has 1 fully saturated rings. The molecule has 6 heteroatoms. The first-order chi connectivity index (χ1) is 9.52. The van der Waals surface area contributed by atoms with Crippen molar-refractivity contribution in [2.75, 3.05) is 5.32 Å². The third-order valence-corrected chi connectivity index (χ3v) is 3.85. The van der Waals surface area contributed by atoms with E-state index in [9.17, 15) is 9.59 Å². The molecule has 5 nitrogen and oxygen atoms in total. The molecule has 0 radical (unpaired) electrons. The largest absolute Gasteiger partial charge is 0.481 e. The molecule has 1 aromatic rings. The van der Waals surface area contributed by atoms with Gasteiger partial charge < -0.3 is 10.4 Å². The number of benzene rings is 1. The van der Waals surface area contributed by atoms with E-state index in [1.807, 2.05) is 6.07 Å². The molecular formula is C14H13ClN2O3. The fourth-order valence-corrected chi connectivity index (χ4v) is 2.65. The first kappa shape index (κ1) is 14.4. The van der Waals surface area contributed by atoms with Gasteiger partial charge in [-0.2, -0.15) is 5.26 Å². The summed E-state index contributed by atoms with van der Waals surface area (Å²) < 4.78 is 0. The quantitative estimate of drug-likeness (QED) is 0.896. The van der Waals surface area contributed by atoms with Crippen molar-refractivity contribution in [1.29, 1.82) is 5.26 Å². The van der Waals surface area contributed by atoms with Crippen LogP contribution in [0.4, 0.5) is 5.69 Å². The maximum atomic E-state index is 12.2. The van der Waals surface area contributed by atoms with Crippen molar-refractivity contribution in [3.63, 3.8) is 0 Å². The molecule has 0 heterocycles. The number of aliphatic carboxylic acids is 1. The SMILES string of the molecule is N#Cc1ccc(Cl)c(NC(=O)C2CCCC2C(=O)O)c1. The molecule has 2 rings (SSSR count). The molecule has 1 saturated carbocycles. The number of rotatable bonds is 3. The lowest BCUT2D eigenvalue weighted by Gasteiger charge is -2.16. The fourth-order valence-electron chi connectivity index (χ4n) is 2.49. The van der Waals surface area contributed by atoms with Gasteiger partial charge in [0.15, 0.2) is 0 Å². The summed E-state index contributed by atoms with van der Waals surface area (Å²) in [5.41, 5.74) is 0.720. The molecule has 1 amide bonds. The van der Waals surface area contributed by atoms with E-state index in [1.165, 1.54) is 12.1 Å². The second-order valence-electron chi connectivity index (χ2n) is 4.78. The minimum atomic E-state index is -0.945. The Kier molecular flexibility index (Phi) is 4.26. The smallest absolute Gasteiger partial charge is 0.307 e. The van der Waals surface area contributed by atoms with E-state index in [0.717, 1.165) is 6.42 Å². The van der Waals surface area contributed by atoms with Crippen molar-refractivity contribution >= 4 is 29.2 Å². The number of halogens is 1.